The molecule has 0 saturated carbocycles. The number of aromatic hydroxyl groups is 2. The summed E-state index contributed by atoms with van der Waals surface area (Å²) in [5.41, 5.74) is 2.29. The van der Waals surface area contributed by atoms with E-state index < -0.39 is 22.8 Å². The van der Waals surface area contributed by atoms with Gasteiger partial charge in [-0.3, -0.25) is 0 Å². The lowest BCUT2D eigenvalue weighted by Crippen LogP contribution is -2.25. The number of carbonyl (C=O) groups excluding carboxylic acids is 1. The first-order valence-corrected chi connectivity index (χ1v) is 10.1. The molecular formula is C25H32O6. The van der Waals surface area contributed by atoms with Crippen LogP contribution in [0.25, 0.3) is 11.1 Å². The van der Waals surface area contributed by atoms with E-state index in [9.17, 15) is 24.9 Å². The van der Waals surface area contributed by atoms with Crippen LogP contribution in [0, 0.1) is 13.8 Å². The van der Waals surface area contributed by atoms with Gasteiger partial charge in [-0.1, -0.05) is 47.6 Å². The van der Waals surface area contributed by atoms with Crippen molar-refractivity contribution in [2.45, 2.75) is 66.2 Å². The van der Waals surface area contributed by atoms with Gasteiger partial charge in [-0.2, -0.15) is 0 Å². The van der Waals surface area contributed by atoms with Crippen LogP contribution in [-0.2, 0) is 15.6 Å². The van der Waals surface area contributed by atoms with E-state index in [0.29, 0.717) is 27.8 Å². The Hall–Kier alpha value is -3.02. The maximum atomic E-state index is 12.3. The van der Waals surface area contributed by atoms with Gasteiger partial charge in [-0.25, -0.2) is 9.59 Å². The largest absolute Gasteiger partial charge is 0.507 e. The fourth-order valence-electron chi connectivity index (χ4n) is 4.27. The van der Waals surface area contributed by atoms with E-state index in [2.05, 4.69) is 0 Å². The van der Waals surface area contributed by atoms with Crippen LogP contribution in [0.2, 0.25) is 0 Å². The number of hydrogen-bond acceptors (Lipinski definition) is 5. The van der Waals surface area contributed by atoms with Crippen molar-refractivity contribution >= 4 is 11.9 Å². The van der Waals surface area contributed by atoms with E-state index in [-0.39, 0.29) is 22.6 Å². The van der Waals surface area contributed by atoms with Crippen LogP contribution in [-0.4, -0.2) is 34.4 Å². The third-order valence-corrected chi connectivity index (χ3v) is 5.54. The molecule has 0 aliphatic rings. The highest BCUT2D eigenvalue weighted by Gasteiger charge is 2.36. The average Bonchev–Trinajstić information content (AvgIpc) is 2.59. The number of hydrogen-bond donors (Lipinski definition) is 3. The minimum Gasteiger partial charge on any atom is -0.507 e. The Morgan fingerprint density at radius 3 is 1.77 bits per heavy atom. The number of methoxy groups -OCH3 is 1. The summed E-state index contributed by atoms with van der Waals surface area (Å²) in [6.45, 7) is 15.1. The van der Waals surface area contributed by atoms with E-state index in [1.54, 1.807) is 19.9 Å². The predicted octanol–water partition coefficient (Wildman–Crippen LogP) is 5.46. The summed E-state index contributed by atoms with van der Waals surface area (Å²) in [6.07, 6.45) is 0. The van der Waals surface area contributed by atoms with Gasteiger partial charge in [-0.05, 0) is 58.6 Å². The summed E-state index contributed by atoms with van der Waals surface area (Å²) in [5, 5.41) is 31.3. The number of phenolic OH excluding ortho intramolecular Hbond substituents is 1. The third kappa shape index (κ3) is 4.11. The highest BCUT2D eigenvalue weighted by Crippen LogP contribution is 2.49. The van der Waals surface area contributed by atoms with Crippen molar-refractivity contribution in [3.8, 4) is 22.6 Å². The Morgan fingerprint density at radius 2 is 1.35 bits per heavy atom. The first kappa shape index (κ1) is 24.3. The molecule has 3 N–H and O–H groups in total. The number of ether oxygens (including phenoxy) is 1. The lowest BCUT2D eigenvalue weighted by atomic mass is 9.69. The van der Waals surface area contributed by atoms with E-state index in [0.717, 1.165) is 5.56 Å². The molecule has 0 aliphatic heterocycles. The summed E-state index contributed by atoms with van der Waals surface area (Å²) in [7, 11) is 1.24. The minimum atomic E-state index is -1.23. The van der Waals surface area contributed by atoms with Gasteiger partial charge in [0.25, 0.3) is 0 Å². The average molecular weight is 429 g/mol. The molecule has 0 radical (unpaired) electrons. The number of esters is 1. The molecule has 0 saturated heterocycles. The smallest absolute Gasteiger partial charge is 0.341 e. The van der Waals surface area contributed by atoms with Crippen molar-refractivity contribution in [2.75, 3.05) is 7.11 Å². The number of carboxylic acid groups (broad SMARTS) is 1. The maximum absolute atomic E-state index is 12.3. The molecule has 0 aromatic heterocycles. The molecule has 2 aromatic rings. The first-order valence-electron chi connectivity index (χ1n) is 10.1. The Labute approximate surface area is 183 Å². The quantitative estimate of drug-likeness (QED) is 0.561. The van der Waals surface area contributed by atoms with Gasteiger partial charge in [0.15, 0.2) is 0 Å². The van der Waals surface area contributed by atoms with Crippen molar-refractivity contribution in [1.29, 1.82) is 0 Å². The standard InChI is InChI=1S/C25H32O6/c1-12-14(10-11-15(26)17(12)23(30)31-9)16-13(2)18(22(28)29)21(27)20(25(6,7)8)19(16)24(3,4)5/h10-11,26-27H,1-9H3,(H,28,29). The zero-order valence-electron chi connectivity index (χ0n) is 19.7. The Morgan fingerprint density at radius 1 is 0.839 bits per heavy atom. The van der Waals surface area contributed by atoms with Gasteiger partial charge in [0.2, 0.25) is 0 Å². The van der Waals surface area contributed by atoms with Crippen molar-refractivity contribution in [2.24, 2.45) is 0 Å². The van der Waals surface area contributed by atoms with Crippen LogP contribution < -0.4 is 0 Å². The molecule has 0 spiro atoms. The fraction of sp³-hybridized carbons (Fsp3) is 0.440. The second-order valence-corrected chi connectivity index (χ2v) is 9.90. The van der Waals surface area contributed by atoms with E-state index in [1.165, 1.54) is 13.2 Å². The van der Waals surface area contributed by atoms with Gasteiger partial charge in [0.1, 0.15) is 22.6 Å². The summed E-state index contributed by atoms with van der Waals surface area (Å²) in [4.78, 5) is 24.5. The predicted molar refractivity (Wildman–Crippen MR) is 120 cm³/mol. The normalized spacial score (nSPS) is 12.0. The molecule has 2 rings (SSSR count). The van der Waals surface area contributed by atoms with E-state index in [1.807, 2.05) is 41.5 Å². The van der Waals surface area contributed by atoms with Crippen LogP contribution in [0.1, 0.15) is 84.5 Å². The van der Waals surface area contributed by atoms with Crippen LogP contribution in [0.3, 0.4) is 0 Å². The zero-order valence-corrected chi connectivity index (χ0v) is 19.7. The summed E-state index contributed by atoms with van der Waals surface area (Å²) in [5.74, 6) is -2.36. The van der Waals surface area contributed by atoms with Crippen LogP contribution in [0.5, 0.6) is 11.5 Å². The van der Waals surface area contributed by atoms with Gasteiger partial charge >= 0.3 is 11.9 Å². The monoisotopic (exact) mass is 428 g/mol. The number of carboxylic acids is 1. The molecule has 0 atom stereocenters. The van der Waals surface area contributed by atoms with Gasteiger partial charge < -0.3 is 20.1 Å². The Kier molecular flexibility index (Phi) is 6.19. The first-order chi connectivity index (χ1) is 14.1. The van der Waals surface area contributed by atoms with Crippen LogP contribution >= 0.6 is 0 Å². The highest BCUT2D eigenvalue weighted by molar-refractivity contribution is 6.00. The Balaban J connectivity index is 3.24. The number of phenols is 2. The second-order valence-electron chi connectivity index (χ2n) is 9.90. The minimum absolute atomic E-state index is 0.0292. The van der Waals surface area contributed by atoms with Crippen LogP contribution in [0.4, 0.5) is 0 Å². The molecule has 2 aromatic carbocycles. The molecule has 0 amide bonds. The van der Waals surface area contributed by atoms with Crippen LogP contribution in [0.15, 0.2) is 12.1 Å². The summed E-state index contributed by atoms with van der Waals surface area (Å²) in [6, 6.07) is 3.08. The zero-order chi connectivity index (χ0) is 24.0. The van der Waals surface area contributed by atoms with Crippen molar-refractivity contribution in [3.63, 3.8) is 0 Å². The maximum Gasteiger partial charge on any atom is 0.341 e. The number of benzene rings is 2. The second kappa shape index (κ2) is 7.91. The molecule has 6 heteroatoms. The third-order valence-electron chi connectivity index (χ3n) is 5.54. The van der Waals surface area contributed by atoms with Crippen molar-refractivity contribution in [1.82, 2.24) is 0 Å². The van der Waals surface area contributed by atoms with E-state index >= 15 is 0 Å². The SMILES string of the molecule is COC(=O)c1c(O)ccc(-c2c(C)c(C(=O)O)c(O)c(C(C)(C)C)c2C(C)(C)C)c1C. The summed E-state index contributed by atoms with van der Waals surface area (Å²) >= 11 is 0. The molecule has 0 aliphatic carbocycles. The fourth-order valence-corrected chi connectivity index (χ4v) is 4.27. The Bertz CT molecular complexity index is 1070. The van der Waals surface area contributed by atoms with E-state index in [4.69, 9.17) is 4.74 Å². The van der Waals surface area contributed by atoms with Gasteiger partial charge in [0.05, 0.1) is 7.11 Å². The molecule has 6 nitrogen and oxygen atoms in total. The molecule has 0 bridgehead atoms. The molecule has 0 heterocycles. The lowest BCUT2D eigenvalue weighted by molar-refractivity contribution is 0.0595. The molecule has 168 valence electrons. The van der Waals surface area contributed by atoms with Crippen molar-refractivity contribution in [3.05, 3.63) is 45.5 Å². The van der Waals surface area contributed by atoms with Crippen molar-refractivity contribution < 1.29 is 29.6 Å². The number of rotatable bonds is 3. The lowest BCUT2D eigenvalue weighted by Gasteiger charge is -2.35. The number of carbonyl (C=O) groups is 2. The molecular weight excluding hydrogens is 396 g/mol. The summed E-state index contributed by atoms with van der Waals surface area (Å²) < 4.78 is 4.84. The molecule has 31 heavy (non-hydrogen) atoms. The topological polar surface area (TPSA) is 104 Å². The molecule has 0 unspecified atom stereocenters. The highest BCUT2D eigenvalue weighted by atomic mass is 16.5. The van der Waals surface area contributed by atoms with Gasteiger partial charge in [0, 0.05) is 5.56 Å². The van der Waals surface area contributed by atoms with Gasteiger partial charge in [-0.15, -0.1) is 0 Å². The molecule has 0 fully saturated rings. The number of aromatic carboxylic acids is 1.